The Balaban J connectivity index is 1.95. The number of carbonyl (C=O) groups excluding carboxylic acids is 1. The van der Waals surface area contributed by atoms with E-state index in [4.69, 9.17) is 20.2 Å². The van der Waals surface area contributed by atoms with Crippen molar-refractivity contribution in [2.24, 2.45) is 5.73 Å². The van der Waals surface area contributed by atoms with Gasteiger partial charge in [-0.15, -0.1) is 0 Å². The summed E-state index contributed by atoms with van der Waals surface area (Å²) in [6.45, 7) is 3.09. The van der Waals surface area contributed by atoms with Crippen LogP contribution in [0.25, 0.3) is 11.4 Å². The highest BCUT2D eigenvalue weighted by atomic mass is 32.1. The third kappa shape index (κ3) is 3.59. The lowest BCUT2D eigenvalue weighted by atomic mass is 10.2. The molecule has 0 aliphatic carbocycles. The van der Waals surface area contributed by atoms with Crippen LogP contribution < -0.4 is 19.3 Å². The van der Waals surface area contributed by atoms with E-state index in [1.165, 1.54) is 11.5 Å². The minimum absolute atomic E-state index is 0.114. The first kappa shape index (κ1) is 15.7. The number of carbonyl (C=O) groups is 1. The van der Waals surface area contributed by atoms with E-state index in [1.807, 2.05) is 28.2 Å². The molecule has 0 radical (unpaired) electrons. The van der Waals surface area contributed by atoms with Crippen molar-refractivity contribution in [1.29, 1.82) is 0 Å². The van der Waals surface area contributed by atoms with Gasteiger partial charge in [0.1, 0.15) is 17.3 Å². The second kappa shape index (κ2) is 6.93. The average molecular weight is 335 g/mol. The average Bonchev–Trinajstić information content (AvgIpc) is 2.99. The van der Waals surface area contributed by atoms with Gasteiger partial charge in [0.25, 0.3) is 5.91 Å². The molecule has 23 heavy (non-hydrogen) atoms. The predicted molar refractivity (Wildman–Crippen MR) is 86.5 cm³/mol. The molecule has 1 aromatic heterocycles. The van der Waals surface area contributed by atoms with Gasteiger partial charge in [-0.2, -0.15) is 3.96 Å². The fourth-order valence-electron chi connectivity index (χ4n) is 2.39. The Bertz CT molecular complexity index is 681. The maximum absolute atomic E-state index is 11.4. The van der Waals surface area contributed by atoms with Gasteiger partial charge in [-0.3, -0.25) is 4.79 Å². The number of nitrogens with two attached hydrogens (primary N) is 1. The summed E-state index contributed by atoms with van der Waals surface area (Å²) < 4.78 is 12.4. The molecule has 0 saturated carbocycles. The van der Waals surface area contributed by atoms with Crippen LogP contribution in [0.3, 0.4) is 0 Å². The molecule has 0 spiro atoms. The monoisotopic (exact) mass is 335 g/mol. The molecule has 1 amide bonds. The predicted octanol–water partition coefficient (Wildman–Crippen LogP) is 0.428. The zero-order valence-electron chi connectivity index (χ0n) is 12.9. The number of methoxy groups -OCH3 is 1. The van der Waals surface area contributed by atoms with E-state index in [1.54, 1.807) is 7.11 Å². The number of anilines is 1. The molecule has 1 aliphatic heterocycles. The zero-order chi connectivity index (χ0) is 16.2. The molecule has 0 bridgehead atoms. The van der Waals surface area contributed by atoms with Gasteiger partial charge in [0.15, 0.2) is 6.54 Å². The molecule has 1 aromatic carbocycles. The summed E-state index contributed by atoms with van der Waals surface area (Å²) in [6, 6.07) is 7.60. The van der Waals surface area contributed by atoms with Crippen LogP contribution in [0, 0.1) is 0 Å². The molecule has 8 heteroatoms. The fourth-order valence-corrected chi connectivity index (χ4v) is 3.44. The van der Waals surface area contributed by atoms with E-state index in [0.717, 1.165) is 35.4 Å². The van der Waals surface area contributed by atoms with Crippen LogP contribution in [0.4, 0.5) is 5.13 Å². The van der Waals surface area contributed by atoms with Crippen molar-refractivity contribution in [3.8, 4) is 17.1 Å². The maximum atomic E-state index is 11.4. The number of ether oxygens (including phenoxy) is 2. The highest BCUT2D eigenvalue weighted by molar-refractivity contribution is 7.06. The Labute approximate surface area is 138 Å². The molecule has 2 heterocycles. The van der Waals surface area contributed by atoms with Crippen molar-refractivity contribution in [1.82, 2.24) is 4.98 Å². The van der Waals surface area contributed by atoms with E-state index in [2.05, 4.69) is 4.90 Å². The maximum Gasteiger partial charge on any atom is 0.345 e. The molecule has 2 N–H and O–H groups in total. The Morgan fingerprint density at radius 3 is 2.70 bits per heavy atom. The van der Waals surface area contributed by atoms with Crippen molar-refractivity contribution in [2.75, 3.05) is 38.3 Å². The highest BCUT2D eigenvalue weighted by Gasteiger charge is 2.28. The van der Waals surface area contributed by atoms with Crippen molar-refractivity contribution in [2.45, 2.75) is 6.54 Å². The second-order valence-corrected chi connectivity index (χ2v) is 6.13. The van der Waals surface area contributed by atoms with E-state index < -0.39 is 0 Å². The van der Waals surface area contributed by atoms with Crippen LogP contribution >= 0.6 is 11.5 Å². The topological polar surface area (TPSA) is 81.6 Å². The number of morpholine rings is 1. The molecule has 0 unspecified atom stereocenters. The third-order valence-electron chi connectivity index (χ3n) is 3.56. The smallest absolute Gasteiger partial charge is 0.345 e. The van der Waals surface area contributed by atoms with Gasteiger partial charge >= 0.3 is 11.0 Å². The van der Waals surface area contributed by atoms with Crippen LogP contribution in [0.5, 0.6) is 5.75 Å². The molecule has 1 saturated heterocycles. The summed E-state index contributed by atoms with van der Waals surface area (Å²) in [6.07, 6.45) is 0. The van der Waals surface area contributed by atoms with Crippen LogP contribution in [-0.4, -0.2) is 44.3 Å². The van der Waals surface area contributed by atoms with E-state index in [0.29, 0.717) is 13.2 Å². The largest absolute Gasteiger partial charge is 0.497 e. The summed E-state index contributed by atoms with van der Waals surface area (Å²) in [5, 5.41) is 0.875. The number of nitrogens with zero attached hydrogens (tertiary/aromatic N) is 3. The molecule has 7 nitrogen and oxygen atoms in total. The number of rotatable bonds is 5. The van der Waals surface area contributed by atoms with Crippen molar-refractivity contribution in [3.63, 3.8) is 0 Å². The number of benzene rings is 1. The normalized spacial score (nSPS) is 14.7. The highest BCUT2D eigenvalue weighted by Crippen LogP contribution is 2.24. The molecule has 1 fully saturated rings. The molecule has 122 valence electrons. The van der Waals surface area contributed by atoms with E-state index in [9.17, 15) is 4.79 Å². The van der Waals surface area contributed by atoms with Gasteiger partial charge in [-0.05, 0) is 29.2 Å². The van der Waals surface area contributed by atoms with Crippen molar-refractivity contribution >= 4 is 22.6 Å². The summed E-state index contributed by atoms with van der Waals surface area (Å²) in [5.74, 6) is 1.12. The summed E-state index contributed by atoms with van der Waals surface area (Å²) in [4.78, 5) is 18.2. The molecular formula is C15H19N4O3S+. The molecular weight excluding hydrogens is 316 g/mol. The van der Waals surface area contributed by atoms with Gasteiger partial charge in [-0.1, -0.05) is 0 Å². The minimum Gasteiger partial charge on any atom is -0.497 e. The van der Waals surface area contributed by atoms with Crippen molar-refractivity contribution < 1.29 is 18.2 Å². The first-order valence-electron chi connectivity index (χ1n) is 7.34. The van der Waals surface area contributed by atoms with Gasteiger partial charge in [0.05, 0.1) is 25.9 Å². The van der Waals surface area contributed by atoms with Gasteiger partial charge < -0.3 is 20.1 Å². The van der Waals surface area contributed by atoms with E-state index in [-0.39, 0.29) is 12.5 Å². The number of amides is 1. The van der Waals surface area contributed by atoms with Crippen LogP contribution in [-0.2, 0) is 16.1 Å². The summed E-state index contributed by atoms with van der Waals surface area (Å²) >= 11 is 1.44. The molecule has 0 atom stereocenters. The first-order chi connectivity index (χ1) is 11.2. The Morgan fingerprint density at radius 1 is 1.39 bits per heavy atom. The van der Waals surface area contributed by atoms with Crippen LogP contribution in [0.15, 0.2) is 24.3 Å². The third-order valence-corrected chi connectivity index (χ3v) is 4.59. The summed E-state index contributed by atoms with van der Waals surface area (Å²) in [5.41, 5.74) is 6.29. The Kier molecular flexibility index (Phi) is 4.73. The Morgan fingerprint density at radius 2 is 2.09 bits per heavy atom. The molecule has 1 aliphatic rings. The van der Waals surface area contributed by atoms with E-state index >= 15 is 0 Å². The standard InChI is InChI=1S/C15H18N4O3S/c1-21-12-4-2-11(3-5-12)14-17-15(18-6-8-22-9-7-18)23-19(14)10-13(16)20/h2-5H,6-10H2,1H3,(H-,16,20)/p+1. The SMILES string of the molecule is COc1ccc(-c2nc(N3CCOCC3)s[n+]2CC(N)=O)cc1. The number of primary amides is 1. The lowest BCUT2D eigenvalue weighted by molar-refractivity contribution is -0.605. The number of aromatic nitrogens is 2. The first-order valence-corrected chi connectivity index (χ1v) is 8.11. The number of hydrogen-bond acceptors (Lipinski definition) is 6. The fraction of sp³-hybridized carbons (Fsp3) is 0.400. The van der Waals surface area contributed by atoms with Crippen LogP contribution in [0.2, 0.25) is 0 Å². The Hall–Kier alpha value is -2.19. The lowest BCUT2D eigenvalue weighted by Crippen LogP contribution is -2.39. The van der Waals surface area contributed by atoms with Crippen molar-refractivity contribution in [3.05, 3.63) is 24.3 Å². The number of hydrogen-bond donors (Lipinski definition) is 1. The summed E-state index contributed by atoms with van der Waals surface area (Å²) in [7, 11) is 1.63. The second-order valence-electron chi connectivity index (χ2n) is 5.14. The van der Waals surface area contributed by atoms with Gasteiger partial charge in [0.2, 0.25) is 0 Å². The van der Waals surface area contributed by atoms with Gasteiger partial charge in [-0.25, -0.2) is 0 Å². The zero-order valence-corrected chi connectivity index (χ0v) is 13.7. The van der Waals surface area contributed by atoms with Gasteiger partial charge in [0, 0.05) is 13.1 Å². The molecule has 2 aromatic rings. The quantitative estimate of drug-likeness (QED) is 0.801. The minimum atomic E-state index is -0.387. The lowest BCUT2D eigenvalue weighted by Gasteiger charge is -2.23. The van der Waals surface area contributed by atoms with Crippen LogP contribution in [0.1, 0.15) is 0 Å². The molecule has 3 rings (SSSR count).